The number of carboxylic acids is 1. The number of carboxylic acid groups (broad SMARTS) is 1. The van der Waals surface area contributed by atoms with Gasteiger partial charge in [0.15, 0.2) is 0 Å². The average molecular weight is 269 g/mol. The normalized spacial score (nSPS) is 19.2. The Balaban J connectivity index is 2.27. The summed E-state index contributed by atoms with van der Waals surface area (Å²) in [6.07, 6.45) is 0. The van der Waals surface area contributed by atoms with Gasteiger partial charge in [0.05, 0.1) is 11.6 Å². The number of aryl methyl sites for hydroxylation is 2. The highest BCUT2D eigenvalue weighted by molar-refractivity contribution is 7.99. The monoisotopic (exact) mass is 269 g/mol. The third-order valence-corrected chi connectivity index (χ3v) is 3.86. The molecule has 1 amide bonds. The molecule has 1 N–H and O–H groups in total. The summed E-state index contributed by atoms with van der Waals surface area (Å²) in [5.74, 6) is -0.341. The Morgan fingerprint density at radius 3 is 2.94 bits per heavy atom. The van der Waals surface area contributed by atoms with Gasteiger partial charge in [0.1, 0.15) is 11.7 Å². The second-order valence-electron chi connectivity index (χ2n) is 4.12. The number of carbonyl (C=O) groups excluding carboxylic acids is 1. The first-order chi connectivity index (χ1) is 8.54. The van der Waals surface area contributed by atoms with Crippen molar-refractivity contribution in [3.05, 3.63) is 17.5 Å². The molecule has 0 spiro atoms. The Morgan fingerprint density at radius 1 is 1.61 bits per heavy atom. The number of aromatic nitrogens is 2. The molecule has 1 aromatic heterocycles. The molecule has 18 heavy (non-hydrogen) atoms. The highest BCUT2D eigenvalue weighted by Gasteiger charge is 2.36. The highest BCUT2D eigenvalue weighted by atomic mass is 32.2. The van der Waals surface area contributed by atoms with E-state index >= 15 is 0 Å². The number of rotatable bonds is 3. The van der Waals surface area contributed by atoms with Gasteiger partial charge in [-0.15, -0.1) is 11.8 Å². The van der Waals surface area contributed by atoms with Crippen LogP contribution < -0.4 is 0 Å². The van der Waals surface area contributed by atoms with Crippen LogP contribution >= 0.6 is 11.8 Å². The van der Waals surface area contributed by atoms with E-state index in [2.05, 4.69) is 5.10 Å². The quantitative estimate of drug-likeness (QED) is 0.879. The summed E-state index contributed by atoms with van der Waals surface area (Å²) >= 11 is 1.46. The van der Waals surface area contributed by atoms with Gasteiger partial charge in [0.2, 0.25) is 0 Å². The summed E-state index contributed by atoms with van der Waals surface area (Å²) < 4.78 is 1.61. The van der Waals surface area contributed by atoms with Crippen molar-refractivity contribution >= 4 is 23.6 Å². The smallest absolute Gasteiger partial charge is 0.327 e. The number of amides is 1. The second-order valence-corrected chi connectivity index (χ2v) is 5.12. The standard InChI is InChI=1S/C11H15N3O3S/c1-3-14-8(4-7(2)12-14)10(15)13-6-18-5-9(13)11(16)17/h4,9H,3,5-6H2,1-2H3,(H,16,17). The van der Waals surface area contributed by atoms with Crippen molar-refractivity contribution in [1.29, 1.82) is 0 Å². The zero-order valence-corrected chi connectivity index (χ0v) is 11.1. The lowest BCUT2D eigenvalue weighted by atomic mass is 10.2. The van der Waals surface area contributed by atoms with E-state index in [-0.39, 0.29) is 5.91 Å². The molecule has 2 heterocycles. The summed E-state index contributed by atoms with van der Waals surface area (Å²) in [4.78, 5) is 24.8. The molecule has 0 aliphatic carbocycles. The molecule has 2 rings (SSSR count). The zero-order chi connectivity index (χ0) is 13.3. The van der Waals surface area contributed by atoms with Gasteiger partial charge in [-0.05, 0) is 19.9 Å². The second kappa shape index (κ2) is 5.01. The fourth-order valence-corrected chi connectivity index (χ4v) is 3.10. The maximum atomic E-state index is 12.3. The van der Waals surface area contributed by atoms with Gasteiger partial charge in [-0.2, -0.15) is 5.10 Å². The van der Waals surface area contributed by atoms with E-state index < -0.39 is 12.0 Å². The van der Waals surface area contributed by atoms with Crippen molar-refractivity contribution < 1.29 is 14.7 Å². The Labute approximate surface area is 109 Å². The molecule has 1 aliphatic heterocycles. The van der Waals surface area contributed by atoms with Crippen molar-refractivity contribution in [2.45, 2.75) is 26.4 Å². The Hall–Kier alpha value is -1.50. The number of carbonyl (C=O) groups is 2. The van der Waals surface area contributed by atoms with Gasteiger partial charge in [-0.3, -0.25) is 9.48 Å². The number of aliphatic carboxylic acids is 1. The summed E-state index contributed by atoms with van der Waals surface area (Å²) in [6.45, 7) is 4.31. The van der Waals surface area contributed by atoms with Crippen molar-refractivity contribution in [2.24, 2.45) is 0 Å². The van der Waals surface area contributed by atoms with Crippen LogP contribution in [0.25, 0.3) is 0 Å². The third-order valence-electron chi connectivity index (χ3n) is 2.85. The highest BCUT2D eigenvalue weighted by Crippen LogP contribution is 2.23. The minimum Gasteiger partial charge on any atom is -0.480 e. The number of thioether (sulfide) groups is 1. The SMILES string of the molecule is CCn1nc(C)cc1C(=O)N1CSCC1C(=O)O. The van der Waals surface area contributed by atoms with Crippen LogP contribution in [0, 0.1) is 6.92 Å². The molecule has 98 valence electrons. The maximum Gasteiger partial charge on any atom is 0.327 e. The Morgan fingerprint density at radius 2 is 2.33 bits per heavy atom. The van der Waals surface area contributed by atoms with Crippen LogP contribution in [0.1, 0.15) is 23.1 Å². The van der Waals surface area contributed by atoms with E-state index in [0.717, 1.165) is 5.69 Å². The molecule has 1 unspecified atom stereocenters. The molecular weight excluding hydrogens is 254 g/mol. The van der Waals surface area contributed by atoms with Crippen LogP contribution in [0.2, 0.25) is 0 Å². The van der Waals surface area contributed by atoms with Crippen LogP contribution in [-0.2, 0) is 11.3 Å². The minimum absolute atomic E-state index is 0.255. The first-order valence-corrected chi connectivity index (χ1v) is 6.86. The van der Waals surface area contributed by atoms with Gasteiger partial charge < -0.3 is 10.0 Å². The van der Waals surface area contributed by atoms with Crippen LogP contribution in [0.4, 0.5) is 0 Å². The lowest BCUT2D eigenvalue weighted by molar-refractivity contribution is -0.140. The molecule has 0 aromatic carbocycles. The van der Waals surface area contributed by atoms with Crippen LogP contribution in [0.5, 0.6) is 0 Å². The predicted octanol–water partition coefficient (Wildman–Crippen LogP) is 0.811. The third kappa shape index (κ3) is 2.22. The zero-order valence-electron chi connectivity index (χ0n) is 10.3. The van der Waals surface area contributed by atoms with E-state index in [4.69, 9.17) is 5.11 Å². The molecule has 1 atom stereocenters. The molecule has 0 saturated carbocycles. The summed E-state index contributed by atoms with van der Waals surface area (Å²) in [5, 5.41) is 13.3. The summed E-state index contributed by atoms with van der Waals surface area (Å²) in [5.41, 5.74) is 1.22. The molecule has 0 radical (unpaired) electrons. The van der Waals surface area contributed by atoms with Crippen molar-refractivity contribution in [1.82, 2.24) is 14.7 Å². The summed E-state index contributed by atoms with van der Waals surface area (Å²) in [6, 6.07) is 0.969. The van der Waals surface area contributed by atoms with E-state index in [9.17, 15) is 9.59 Å². The number of nitrogens with zero attached hydrogens (tertiary/aromatic N) is 3. The minimum atomic E-state index is -0.951. The van der Waals surface area contributed by atoms with Crippen LogP contribution in [0.3, 0.4) is 0 Å². The van der Waals surface area contributed by atoms with Gasteiger partial charge in [-0.1, -0.05) is 0 Å². The van der Waals surface area contributed by atoms with Crippen molar-refractivity contribution in [3.8, 4) is 0 Å². The summed E-state index contributed by atoms with van der Waals surface area (Å²) in [7, 11) is 0. The Bertz CT molecular complexity index is 486. The molecule has 6 nitrogen and oxygen atoms in total. The topological polar surface area (TPSA) is 75.4 Å². The fourth-order valence-electron chi connectivity index (χ4n) is 1.95. The molecule has 1 aliphatic rings. The van der Waals surface area contributed by atoms with Gasteiger partial charge in [-0.25, -0.2) is 4.79 Å². The van der Waals surface area contributed by atoms with E-state index in [1.807, 2.05) is 13.8 Å². The van der Waals surface area contributed by atoms with Gasteiger partial charge in [0.25, 0.3) is 5.91 Å². The Kier molecular flexibility index (Phi) is 3.60. The maximum absolute atomic E-state index is 12.3. The number of hydrogen-bond acceptors (Lipinski definition) is 4. The van der Waals surface area contributed by atoms with Gasteiger partial charge >= 0.3 is 5.97 Å². The van der Waals surface area contributed by atoms with E-state index in [0.29, 0.717) is 23.9 Å². The lowest BCUT2D eigenvalue weighted by Gasteiger charge is -2.20. The van der Waals surface area contributed by atoms with Crippen LogP contribution in [-0.4, -0.2) is 49.3 Å². The molecule has 1 fully saturated rings. The fraction of sp³-hybridized carbons (Fsp3) is 0.545. The van der Waals surface area contributed by atoms with Crippen molar-refractivity contribution in [2.75, 3.05) is 11.6 Å². The molecule has 0 bridgehead atoms. The molecular formula is C11H15N3O3S. The molecule has 7 heteroatoms. The van der Waals surface area contributed by atoms with Crippen LogP contribution in [0.15, 0.2) is 6.07 Å². The molecule has 1 aromatic rings. The van der Waals surface area contributed by atoms with Gasteiger partial charge in [0, 0.05) is 12.3 Å². The predicted molar refractivity (Wildman–Crippen MR) is 67.6 cm³/mol. The largest absolute Gasteiger partial charge is 0.480 e. The lowest BCUT2D eigenvalue weighted by Crippen LogP contribution is -2.42. The van der Waals surface area contributed by atoms with Crippen molar-refractivity contribution in [3.63, 3.8) is 0 Å². The first-order valence-electron chi connectivity index (χ1n) is 5.70. The van der Waals surface area contributed by atoms with E-state index in [1.54, 1.807) is 10.7 Å². The number of hydrogen-bond donors (Lipinski definition) is 1. The van der Waals surface area contributed by atoms with E-state index in [1.165, 1.54) is 16.7 Å². The average Bonchev–Trinajstić information content (AvgIpc) is 2.93. The molecule has 1 saturated heterocycles. The first kappa shape index (κ1) is 12.9.